The van der Waals surface area contributed by atoms with Gasteiger partial charge >= 0.3 is 5.97 Å². The van der Waals surface area contributed by atoms with Gasteiger partial charge in [-0.15, -0.1) is 11.3 Å². The molecule has 0 saturated heterocycles. The van der Waals surface area contributed by atoms with Crippen LogP contribution < -0.4 is 0 Å². The molecule has 4 nitrogen and oxygen atoms in total. The molecule has 3 aromatic rings. The molecule has 0 bridgehead atoms. The summed E-state index contributed by atoms with van der Waals surface area (Å²) in [5, 5.41) is 12.5. The minimum absolute atomic E-state index is 0.313. The van der Waals surface area contributed by atoms with E-state index in [1.807, 2.05) is 35.7 Å². The molecule has 0 spiro atoms. The number of carbonyl (C=O) groups is 1. The van der Waals surface area contributed by atoms with E-state index in [-0.39, 0.29) is 5.97 Å². The second kappa shape index (κ2) is 9.24. The van der Waals surface area contributed by atoms with Crippen LogP contribution in [0.15, 0.2) is 52.9 Å². The average molecular weight is 429 g/mol. The smallest absolute Gasteiger partial charge is 0.319 e. The van der Waals surface area contributed by atoms with E-state index >= 15 is 0 Å². The van der Waals surface area contributed by atoms with E-state index < -0.39 is 5.25 Å². The number of nitrogens with zero attached hydrogens (tertiary/aromatic N) is 2. The molecule has 3 rings (SSSR count). The highest BCUT2D eigenvalue weighted by Gasteiger charge is 2.22. The van der Waals surface area contributed by atoms with E-state index in [1.165, 1.54) is 11.8 Å². The lowest BCUT2D eigenvalue weighted by Crippen LogP contribution is -2.17. The van der Waals surface area contributed by atoms with Gasteiger partial charge < -0.3 is 4.74 Å². The summed E-state index contributed by atoms with van der Waals surface area (Å²) in [6, 6.07) is 15.4. The second-order valence-corrected chi connectivity index (χ2v) is 8.56. The van der Waals surface area contributed by atoms with Gasteiger partial charge in [0.15, 0.2) is 0 Å². The minimum Gasteiger partial charge on any atom is -0.465 e. The average Bonchev–Trinajstić information content (AvgIpc) is 3.23. The third-order valence-corrected chi connectivity index (χ3v) is 6.14. The number of ether oxygens (including phenoxy) is 1. The first kappa shape index (κ1) is 20.4. The molecule has 28 heavy (non-hydrogen) atoms. The van der Waals surface area contributed by atoms with Crippen molar-refractivity contribution in [3.05, 3.63) is 58.4 Å². The largest absolute Gasteiger partial charge is 0.465 e. The number of nitriles is 1. The first-order chi connectivity index (χ1) is 13.5. The maximum atomic E-state index is 12.1. The lowest BCUT2D eigenvalue weighted by Gasteiger charge is -2.14. The van der Waals surface area contributed by atoms with E-state index in [0.29, 0.717) is 22.2 Å². The third-order valence-electron chi connectivity index (χ3n) is 3.93. The van der Waals surface area contributed by atoms with Crippen LogP contribution in [0.3, 0.4) is 0 Å². The van der Waals surface area contributed by atoms with Crippen molar-refractivity contribution in [2.75, 3.05) is 6.61 Å². The van der Waals surface area contributed by atoms with Crippen molar-refractivity contribution in [2.45, 2.75) is 24.1 Å². The zero-order valence-corrected chi connectivity index (χ0v) is 17.7. The van der Waals surface area contributed by atoms with E-state index in [2.05, 4.69) is 11.1 Å². The van der Waals surface area contributed by atoms with Crippen LogP contribution in [0, 0.1) is 11.3 Å². The van der Waals surface area contributed by atoms with E-state index in [9.17, 15) is 10.1 Å². The quantitative estimate of drug-likeness (QED) is 0.353. The van der Waals surface area contributed by atoms with E-state index in [1.54, 1.807) is 37.3 Å². The molecule has 0 radical (unpaired) electrons. The summed E-state index contributed by atoms with van der Waals surface area (Å²) in [7, 11) is 0. The van der Waals surface area contributed by atoms with Gasteiger partial charge in [0.2, 0.25) is 0 Å². The highest BCUT2D eigenvalue weighted by atomic mass is 35.5. The molecule has 0 saturated carbocycles. The van der Waals surface area contributed by atoms with Gasteiger partial charge in [-0.1, -0.05) is 41.6 Å². The van der Waals surface area contributed by atoms with Gasteiger partial charge in [0, 0.05) is 10.6 Å². The Morgan fingerprint density at radius 1 is 1.36 bits per heavy atom. The lowest BCUT2D eigenvalue weighted by molar-refractivity contribution is -0.142. The van der Waals surface area contributed by atoms with Gasteiger partial charge in [-0.2, -0.15) is 5.26 Å². The van der Waals surface area contributed by atoms with Crippen molar-refractivity contribution < 1.29 is 9.53 Å². The van der Waals surface area contributed by atoms with E-state index in [0.717, 1.165) is 21.7 Å². The first-order valence-corrected chi connectivity index (χ1v) is 10.8. The van der Waals surface area contributed by atoms with Crippen LogP contribution in [0.1, 0.15) is 19.4 Å². The standard InChI is InChI=1S/C21H17ClN2O2S2/c1-3-26-21(25)13(2)28-20-17(12-23)16(14-6-8-15(22)9-7-14)11-18(24-20)19-5-4-10-27-19/h4-11,13H,3H2,1-2H3/t13-/m1/s1. The number of aromatic nitrogens is 1. The number of benzene rings is 1. The van der Waals surface area contributed by atoms with Crippen molar-refractivity contribution >= 4 is 40.7 Å². The molecule has 2 heterocycles. The third kappa shape index (κ3) is 4.56. The topological polar surface area (TPSA) is 63.0 Å². The van der Waals surface area contributed by atoms with Gasteiger partial charge in [-0.3, -0.25) is 4.79 Å². The summed E-state index contributed by atoms with van der Waals surface area (Å²) in [4.78, 5) is 17.8. The Balaban J connectivity index is 2.13. The summed E-state index contributed by atoms with van der Waals surface area (Å²) in [5.41, 5.74) is 2.82. The summed E-state index contributed by atoms with van der Waals surface area (Å²) in [6.45, 7) is 3.84. The van der Waals surface area contributed by atoms with Crippen LogP contribution >= 0.6 is 34.7 Å². The monoisotopic (exact) mass is 428 g/mol. The molecule has 2 aromatic heterocycles. The first-order valence-electron chi connectivity index (χ1n) is 8.61. The number of hydrogen-bond acceptors (Lipinski definition) is 6. The van der Waals surface area contributed by atoms with Crippen LogP contribution in [0.4, 0.5) is 0 Å². The highest BCUT2D eigenvalue weighted by molar-refractivity contribution is 8.00. The van der Waals surface area contributed by atoms with Crippen LogP contribution in [-0.4, -0.2) is 22.8 Å². The molecule has 1 aromatic carbocycles. The fourth-order valence-electron chi connectivity index (χ4n) is 2.60. The molecular weight excluding hydrogens is 412 g/mol. The molecule has 0 fully saturated rings. The molecular formula is C21H17ClN2O2S2. The second-order valence-electron chi connectivity index (χ2n) is 5.84. The predicted molar refractivity (Wildman–Crippen MR) is 115 cm³/mol. The molecule has 0 amide bonds. The van der Waals surface area contributed by atoms with Crippen LogP contribution in [-0.2, 0) is 9.53 Å². The van der Waals surface area contributed by atoms with Crippen molar-refractivity contribution in [2.24, 2.45) is 0 Å². The van der Waals surface area contributed by atoms with E-state index in [4.69, 9.17) is 16.3 Å². The molecule has 142 valence electrons. The molecule has 0 unspecified atom stereocenters. The predicted octanol–water partition coefficient (Wildman–Crippen LogP) is 6.05. The molecule has 0 aliphatic rings. The maximum absolute atomic E-state index is 12.1. The highest BCUT2D eigenvalue weighted by Crippen LogP contribution is 2.37. The lowest BCUT2D eigenvalue weighted by atomic mass is 10.0. The zero-order valence-electron chi connectivity index (χ0n) is 15.3. The Bertz CT molecular complexity index is 1010. The van der Waals surface area contributed by atoms with Crippen molar-refractivity contribution in [1.29, 1.82) is 5.26 Å². The van der Waals surface area contributed by atoms with Crippen LogP contribution in [0.25, 0.3) is 21.7 Å². The minimum atomic E-state index is -0.476. The Hall–Kier alpha value is -2.33. The summed E-state index contributed by atoms with van der Waals surface area (Å²) >= 11 is 8.83. The summed E-state index contributed by atoms with van der Waals surface area (Å²) < 4.78 is 5.10. The van der Waals surface area contributed by atoms with Gasteiger partial charge in [0.05, 0.1) is 22.7 Å². The van der Waals surface area contributed by atoms with Gasteiger partial charge in [0.1, 0.15) is 16.3 Å². The van der Waals surface area contributed by atoms with Gasteiger partial charge in [-0.05, 0) is 49.1 Å². The Kier molecular flexibility index (Phi) is 6.74. The number of hydrogen-bond donors (Lipinski definition) is 0. The Morgan fingerprint density at radius 2 is 2.11 bits per heavy atom. The van der Waals surface area contributed by atoms with Crippen LogP contribution in [0.5, 0.6) is 0 Å². The summed E-state index contributed by atoms with van der Waals surface area (Å²) in [5.74, 6) is -0.326. The number of thioether (sulfide) groups is 1. The molecule has 7 heteroatoms. The number of esters is 1. The molecule has 0 N–H and O–H groups in total. The Labute approximate surface area is 177 Å². The summed E-state index contributed by atoms with van der Waals surface area (Å²) in [6.07, 6.45) is 0. The number of carbonyl (C=O) groups excluding carboxylic acids is 1. The fraction of sp³-hybridized carbons (Fsp3) is 0.190. The van der Waals surface area contributed by atoms with Crippen LogP contribution in [0.2, 0.25) is 5.02 Å². The number of pyridine rings is 1. The van der Waals surface area contributed by atoms with Gasteiger partial charge in [0.25, 0.3) is 0 Å². The normalized spacial score (nSPS) is 11.6. The number of thiophene rings is 1. The van der Waals surface area contributed by atoms with Gasteiger partial charge in [-0.25, -0.2) is 4.98 Å². The number of halogens is 1. The van der Waals surface area contributed by atoms with Crippen molar-refractivity contribution in [1.82, 2.24) is 4.98 Å². The zero-order chi connectivity index (χ0) is 20.1. The molecule has 1 atom stereocenters. The fourth-order valence-corrected chi connectivity index (χ4v) is 4.33. The Morgan fingerprint density at radius 3 is 2.71 bits per heavy atom. The molecule has 0 aliphatic carbocycles. The number of rotatable bonds is 6. The molecule has 0 aliphatic heterocycles. The maximum Gasteiger partial charge on any atom is 0.319 e. The van der Waals surface area contributed by atoms with Crippen molar-refractivity contribution in [3.8, 4) is 27.8 Å². The SMILES string of the molecule is CCOC(=O)[C@@H](C)Sc1nc(-c2cccs2)cc(-c2ccc(Cl)cc2)c1C#N. The van der Waals surface area contributed by atoms with Crippen molar-refractivity contribution in [3.63, 3.8) is 0 Å².